The third-order valence-corrected chi connectivity index (χ3v) is 4.43. The quantitative estimate of drug-likeness (QED) is 0.367. The number of nitrogens with zero attached hydrogens (tertiary/aromatic N) is 1. The molecular weight excluding hydrogens is 447 g/mol. The molecule has 0 spiro atoms. The highest BCUT2D eigenvalue weighted by Gasteiger charge is 2.30. The van der Waals surface area contributed by atoms with Gasteiger partial charge < -0.3 is 15.4 Å². The molecule has 0 aliphatic heterocycles. The van der Waals surface area contributed by atoms with Gasteiger partial charge in [-0.1, -0.05) is 36.4 Å². The van der Waals surface area contributed by atoms with E-state index in [1.807, 2.05) is 6.07 Å². The number of halogens is 3. The number of anilines is 2. The van der Waals surface area contributed by atoms with Crippen LogP contribution in [-0.2, 0) is 15.8 Å². The molecule has 0 bridgehead atoms. The molecule has 172 valence electrons. The van der Waals surface area contributed by atoms with E-state index < -0.39 is 17.6 Å². The Labute approximate surface area is 193 Å². The summed E-state index contributed by atoms with van der Waals surface area (Å²) in [6, 6.07) is 21.0. The smallest absolute Gasteiger partial charge is 0.416 e. The minimum absolute atomic E-state index is 0.0847. The van der Waals surface area contributed by atoms with E-state index >= 15 is 0 Å². The van der Waals surface area contributed by atoms with E-state index in [2.05, 4.69) is 10.6 Å². The average molecular weight is 465 g/mol. The second-order valence-corrected chi connectivity index (χ2v) is 6.97. The highest BCUT2D eigenvalue weighted by Crippen LogP contribution is 2.30. The van der Waals surface area contributed by atoms with Crippen molar-refractivity contribution in [3.63, 3.8) is 0 Å². The van der Waals surface area contributed by atoms with Gasteiger partial charge in [-0.25, -0.2) is 0 Å². The van der Waals surface area contributed by atoms with Crippen molar-refractivity contribution in [3.05, 3.63) is 95.6 Å². The largest absolute Gasteiger partial charge is 0.484 e. The summed E-state index contributed by atoms with van der Waals surface area (Å²) < 4.78 is 43.9. The first-order valence-electron chi connectivity index (χ1n) is 9.93. The van der Waals surface area contributed by atoms with Crippen LogP contribution >= 0.6 is 0 Å². The van der Waals surface area contributed by atoms with Crippen molar-refractivity contribution in [3.8, 4) is 11.8 Å². The van der Waals surface area contributed by atoms with Crippen LogP contribution in [0.4, 0.5) is 24.5 Å². The summed E-state index contributed by atoms with van der Waals surface area (Å²) in [5.41, 5.74) is -0.173. The van der Waals surface area contributed by atoms with Gasteiger partial charge in [0.25, 0.3) is 11.8 Å². The van der Waals surface area contributed by atoms with Gasteiger partial charge in [-0.3, -0.25) is 9.59 Å². The molecule has 0 fully saturated rings. The lowest BCUT2D eigenvalue weighted by Gasteiger charge is -2.09. The van der Waals surface area contributed by atoms with Crippen LogP contribution in [0.25, 0.3) is 6.08 Å². The first-order valence-corrected chi connectivity index (χ1v) is 9.93. The highest BCUT2D eigenvalue weighted by molar-refractivity contribution is 6.09. The van der Waals surface area contributed by atoms with Gasteiger partial charge in [0.1, 0.15) is 17.4 Å². The molecule has 0 radical (unpaired) electrons. The zero-order valence-electron chi connectivity index (χ0n) is 17.6. The van der Waals surface area contributed by atoms with Crippen molar-refractivity contribution >= 4 is 29.3 Å². The van der Waals surface area contributed by atoms with Gasteiger partial charge in [0.15, 0.2) is 6.61 Å². The molecular formula is C25H18F3N3O3. The van der Waals surface area contributed by atoms with Crippen LogP contribution in [0.15, 0.2) is 84.4 Å². The fourth-order valence-electron chi connectivity index (χ4n) is 2.81. The fourth-order valence-corrected chi connectivity index (χ4v) is 2.81. The molecule has 0 saturated carbocycles. The van der Waals surface area contributed by atoms with Crippen LogP contribution in [0.2, 0.25) is 0 Å². The predicted molar refractivity (Wildman–Crippen MR) is 121 cm³/mol. The summed E-state index contributed by atoms with van der Waals surface area (Å²) in [5.74, 6) is -0.791. The molecule has 0 atom stereocenters. The van der Waals surface area contributed by atoms with E-state index in [1.54, 1.807) is 54.6 Å². The van der Waals surface area contributed by atoms with Crippen LogP contribution in [0.3, 0.4) is 0 Å². The number of ether oxygens (including phenoxy) is 1. The van der Waals surface area contributed by atoms with Crippen molar-refractivity contribution in [1.29, 1.82) is 5.26 Å². The van der Waals surface area contributed by atoms with Crippen molar-refractivity contribution in [2.75, 3.05) is 17.2 Å². The summed E-state index contributed by atoms with van der Waals surface area (Å²) in [5, 5.41) is 14.3. The summed E-state index contributed by atoms with van der Waals surface area (Å²) in [6.45, 7) is -0.215. The molecule has 9 heteroatoms. The number of carbonyl (C=O) groups excluding carboxylic acids is 2. The number of alkyl halides is 3. The van der Waals surface area contributed by atoms with Crippen LogP contribution < -0.4 is 15.4 Å². The number of para-hydroxylation sites is 1. The van der Waals surface area contributed by atoms with Gasteiger partial charge in [0.05, 0.1) is 5.56 Å². The third kappa shape index (κ3) is 6.97. The van der Waals surface area contributed by atoms with Crippen molar-refractivity contribution < 1.29 is 27.5 Å². The summed E-state index contributed by atoms with van der Waals surface area (Å²) in [4.78, 5) is 24.3. The SMILES string of the molecule is N#C/C(=C\c1ccc(OCC(=O)Nc2ccccc2)cc1)C(=O)Nc1cccc(C(F)(F)F)c1. The Bertz CT molecular complexity index is 1230. The van der Waals surface area contributed by atoms with Crippen LogP contribution in [0.1, 0.15) is 11.1 Å². The molecule has 0 aliphatic carbocycles. The summed E-state index contributed by atoms with van der Waals surface area (Å²) in [6.07, 6.45) is -3.27. The lowest BCUT2D eigenvalue weighted by Crippen LogP contribution is -2.20. The molecule has 3 aromatic carbocycles. The van der Waals surface area contributed by atoms with Gasteiger partial charge in [0.2, 0.25) is 0 Å². The topological polar surface area (TPSA) is 91.2 Å². The number of carbonyl (C=O) groups is 2. The third-order valence-electron chi connectivity index (χ3n) is 4.43. The zero-order chi connectivity index (χ0) is 24.6. The van der Waals surface area contributed by atoms with Gasteiger partial charge in [-0.2, -0.15) is 18.4 Å². The molecule has 0 aliphatic rings. The Morgan fingerprint density at radius 2 is 1.59 bits per heavy atom. The average Bonchev–Trinajstić information content (AvgIpc) is 2.82. The molecule has 2 N–H and O–H groups in total. The predicted octanol–water partition coefficient (Wildman–Crippen LogP) is 5.27. The first-order chi connectivity index (χ1) is 16.2. The van der Waals surface area contributed by atoms with Gasteiger partial charge in [-0.05, 0) is 54.1 Å². The lowest BCUT2D eigenvalue weighted by atomic mass is 10.1. The molecule has 6 nitrogen and oxygen atoms in total. The maximum absolute atomic E-state index is 12.8. The molecule has 3 aromatic rings. The van der Waals surface area contributed by atoms with Crippen LogP contribution in [0, 0.1) is 11.3 Å². The van der Waals surface area contributed by atoms with Crippen LogP contribution in [0.5, 0.6) is 5.75 Å². The number of nitriles is 1. The highest BCUT2D eigenvalue weighted by atomic mass is 19.4. The second kappa shape index (κ2) is 10.8. The van der Waals surface area contributed by atoms with Crippen molar-refractivity contribution in [1.82, 2.24) is 0 Å². The monoisotopic (exact) mass is 465 g/mol. The van der Waals surface area contributed by atoms with Gasteiger partial charge in [-0.15, -0.1) is 0 Å². The van der Waals surface area contributed by atoms with Gasteiger partial charge >= 0.3 is 6.18 Å². The minimum Gasteiger partial charge on any atom is -0.484 e. The van der Waals surface area contributed by atoms with Gasteiger partial charge in [0, 0.05) is 11.4 Å². The number of amides is 2. The normalized spacial score (nSPS) is 11.3. The van der Waals surface area contributed by atoms with E-state index in [0.29, 0.717) is 17.0 Å². The lowest BCUT2D eigenvalue weighted by molar-refractivity contribution is -0.137. The Hall–Kier alpha value is -4.58. The molecule has 0 saturated heterocycles. The van der Waals surface area contributed by atoms with E-state index in [9.17, 15) is 28.0 Å². The zero-order valence-corrected chi connectivity index (χ0v) is 17.6. The Morgan fingerprint density at radius 1 is 0.912 bits per heavy atom. The number of benzene rings is 3. The van der Waals surface area contributed by atoms with E-state index in [-0.39, 0.29) is 23.8 Å². The molecule has 3 rings (SSSR count). The fraction of sp³-hybridized carbons (Fsp3) is 0.0800. The van der Waals surface area contributed by atoms with Crippen molar-refractivity contribution in [2.24, 2.45) is 0 Å². The second-order valence-electron chi connectivity index (χ2n) is 6.97. The standard InChI is InChI=1S/C25H18F3N3O3/c26-25(27,28)19-5-4-8-21(14-19)31-24(33)18(15-29)13-17-9-11-22(12-10-17)34-16-23(32)30-20-6-2-1-3-7-20/h1-14H,16H2,(H,30,32)(H,31,33)/b18-13+. The Kier molecular flexibility index (Phi) is 7.67. The molecule has 0 heterocycles. The maximum atomic E-state index is 12.8. The number of hydrogen-bond acceptors (Lipinski definition) is 4. The molecule has 0 unspecified atom stereocenters. The Balaban J connectivity index is 1.60. The van der Waals surface area contributed by atoms with Crippen LogP contribution in [-0.4, -0.2) is 18.4 Å². The van der Waals surface area contributed by atoms with E-state index in [4.69, 9.17) is 4.74 Å². The maximum Gasteiger partial charge on any atom is 0.416 e. The first kappa shape index (κ1) is 24.1. The number of rotatable bonds is 7. The molecule has 34 heavy (non-hydrogen) atoms. The van der Waals surface area contributed by atoms with E-state index in [0.717, 1.165) is 18.2 Å². The number of hydrogen-bond donors (Lipinski definition) is 2. The Morgan fingerprint density at radius 3 is 2.24 bits per heavy atom. The molecule has 0 aromatic heterocycles. The number of nitrogens with one attached hydrogen (secondary N) is 2. The van der Waals surface area contributed by atoms with E-state index in [1.165, 1.54) is 12.1 Å². The van der Waals surface area contributed by atoms with Crippen molar-refractivity contribution in [2.45, 2.75) is 6.18 Å². The minimum atomic E-state index is -4.55. The summed E-state index contributed by atoms with van der Waals surface area (Å²) >= 11 is 0. The molecule has 2 amide bonds. The summed E-state index contributed by atoms with van der Waals surface area (Å²) in [7, 11) is 0.